The number of carbonyl (C=O) groups is 1. The lowest BCUT2D eigenvalue weighted by molar-refractivity contribution is -0.124. The molecule has 0 bridgehead atoms. The molecule has 154 valence electrons. The molecule has 3 N–H and O–H groups in total. The summed E-state index contributed by atoms with van der Waals surface area (Å²) in [6, 6.07) is 17.8. The van der Waals surface area contributed by atoms with Crippen molar-refractivity contribution in [3.05, 3.63) is 72.6 Å². The van der Waals surface area contributed by atoms with Crippen LogP contribution in [0.3, 0.4) is 0 Å². The molecule has 2 heterocycles. The van der Waals surface area contributed by atoms with E-state index in [1.807, 2.05) is 54.6 Å². The van der Waals surface area contributed by atoms with Crippen molar-refractivity contribution in [1.82, 2.24) is 19.3 Å². The normalized spacial score (nSPS) is 14.6. The zero-order valence-corrected chi connectivity index (χ0v) is 17.5. The summed E-state index contributed by atoms with van der Waals surface area (Å²) >= 11 is 1.20. The Morgan fingerprint density at radius 3 is 2.29 bits per heavy atom. The summed E-state index contributed by atoms with van der Waals surface area (Å²) in [5, 5.41) is 3.52. The third-order valence-electron chi connectivity index (χ3n) is 5.76. The van der Waals surface area contributed by atoms with Crippen LogP contribution in [-0.2, 0) is 10.2 Å². The van der Waals surface area contributed by atoms with Gasteiger partial charge in [-0.15, -0.1) is 0 Å². The van der Waals surface area contributed by atoms with Crippen molar-refractivity contribution in [3.8, 4) is 22.5 Å². The van der Waals surface area contributed by atoms with Gasteiger partial charge < -0.3 is 5.73 Å². The highest BCUT2D eigenvalue weighted by molar-refractivity contribution is 7.10. The molecule has 0 saturated heterocycles. The van der Waals surface area contributed by atoms with E-state index in [0.717, 1.165) is 41.5 Å². The second-order valence-corrected chi connectivity index (χ2v) is 8.34. The average Bonchev–Trinajstić information content (AvgIpc) is 3.23. The van der Waals surface area contributed by atoms with Crippen molar-refractivity contribution >= 4 is 28.5 Å². The number of anilines is 2. The molecule has 2 aromatic heterocycles. The van der Waals surface area contributed by atoms with E-state index in [-0.39, 0.29) is 11.9 Å². The van der Waals surface area contributed by atoms with Crippen LogP contribution >= 0.6 is 11.5 Å². The van der Waals surface area contributed by atoms with Crippen LogP contribution in [0.1, 0.15) is 24.8 Å². The van der Waals surface area contributed by atoms with E-state index < -0.39 is 5.41 Å². The maximum absolute atomic E-state index is 13.2. The number of carbonyl (C=O) groups excluding carboxylic acids is 1. The van der Waals surface area contributed by atoms with Gasteiger partial charge in [-0.1, -0.05) is 61.0 Å². The standard InChI is InChI=1S/C23H20N6OS/c24-21-25-13-17(14-26-21)15-7-9-18(10-8-15)23(11-4-12-23)20(30)28-22-27-19(29-31-22)16-5-2-1-3-6-16/h1-3,5-10,13-14H,4,11-12H2,(H2,24,25,26)(H,27,28,29,30). The lowest BCUT2D eigenvalue weighted by Gasteiger charge is -2.40. The number of aromatic nitrogens is 4. The number of nitrogen functional groups attached to an aromatic ring is 1. The first kappa shape index (κ1) is 19.3. The van der Waals surface area contributed by atoms with Gasteiger partial charge in [-0.05, 0) is 24.0 Å². The Balaban J connectivity index is 1.35. The van der Waals surface area contributed by atoms with Crippen LogP contribution in [0.2, 0.25) is 0 Å². The maximum Gasteiger partial charge on any atom is 0.236 e. The Hall–Kier alpha value is -3.65. The second-order valence-electron chi connectivity index (χ2n) is 7.59. The zero-order valence-electron chi connectivity index (χ0n) is 16.7. The summed E-state index contributed by atoms with van der Waals surface area (Å²) in [7, 11) is 0. The molecule has 1 saturated carbocycles. The molecule has 2 aromatic carbocycles. The van der Waals surface area contributed by atoms with Gasteiger partial charge in [0, 0.05) is 35.1 Å². The van der Waals surface area contributed by atoms with Crippen LogP contribution in [0.5, 0.6) is 0 Å². The van der Waals surface area contributed by atoms with Gasteiger partial charge in [-0.3, -0.25) is 10.1 Å². The third kappa shape index (κ3) is 3.66. The van der Waals surface area contributed by atoms with Crippen molar-refractivity contribution in [2.24, 2.45) is 0 Å². The fraction of sp³-hybridized carbons (Fsp3) is 0.174. The number of hydrogen-bond donors (Lipinski definition) is 2. The summed E-state index contributed by atoms with van der Waals surface area (Å²) in [6.45, 7) is 0. The Morgan fingerprint density at radius 1 is 0.935 bits per heavy atom. The average molecular weight is 429 g/mol. The molecule has 1 amide bonds. The first-order valence-corrected chi connectivity index (χ1v) is 10.8. The molecular formula is C23H20N6OS. The van der Waals surface area contributed by atoms with E-state index >= 15 is 0 Å². The van der Waals surface area contributed by atoms with Gasteiger partial charge in [-0.25, -0.2) is 9.97 Å². The monoisotopic (exact) mass is 428 g/mol. The molecule has 0 radical (unpaired) electrons. The number of hydrogen-bond acceptors (Lipinski definition) is 7. The SMILES string of the molecule is Nc1ncc(-c2ccc(C3(C(=O)Nc4nc(-c5ccccc5)ns4)CCC3)cc2)cn1. The second kappa shape index (κ2) is 7.88. The highest BCUT2D eigenvalue weighted by Gasteiger charge is 2.45. The summed E-state index contributed by atoms with van der Waals surface area (Å²) in [6.07, 6.45) is 6.04. The van der Waals surface area contributed by atoms with Crippen LogP contribution in [-0.4, -0.2) is 25.2 Å². The van der Waals surface area contributed by atoms with E-state index in [2.05, 4.69) is 24.6 Å². The van der Waals surface area contributed by atoms with Crippen LogP contribution in [0, 0.1) is 0 Å². The molecular weight excluding hydrogens is 408 g/mol. The minimum Gasteiger partial charge on any atom is -0.368 e. The number of amides is 1. The maximum atomic E-state index is 13.2. The quantitative estimate of drug-likeness (QED) is 0.491. The highest BCUT2D eigenvalue weighted by Crippen LogP contribution is 2.45. The molecule has 0 aliphatic heterocycles. The van der Waals surface area contributed by atoms with E-state index in [4.69, 9.17) is 5.73 Å². The van der Waals surface area contributed by atoms with Gasteiger partial charge in [0.25, 0.3) is 0 Å². The topological polar surface area (TPSA) is 107 Å². The first-order valence-electron chi connectivity index (χ1n) is 10.0. The van der Waals surface area contributed by atoms with E-state index in [0.29, 0.717) is 11.0 Å². The van der Waals surface area contributed by atoms with E-state index in [1.54, 1.807) is 12.4 Å². The number of nitrogens with two attached hydrogens (primary N) is 1. The van der Waals surface area contributed by atoms with Crippen molar-refractivity contribution in [2.45, 2.75) is 24.7 Å². The minimum absolute atomic E-state index is 0.0296. The number of nitrogens with one attached hydrogen (secondary N) is 1. The third-order valence-corrected chi connectivity index (χ3v) is 6.39. The minimum atomic E-state index is -0.533. The molecule has 7 nitrogen and oxygen atoms in total. The summed E-state index contributed by atoms with van der Waals surface area (Å²) in [4.78, 5) is 25.8. The Morgan fingerprint density at radius 2 is 1.65 bits per heavy atom. The predicted octanol–water partition coefficient (Wildman–Crippen LogP) is 4.30. The highest BCUT2D eigenvalue weighted by atomic mass is 32.1. The Bertz CT molecular complexity index is 1200. The number of rotatable bonds is 5. The largest absolute Gasteiger partial charge is 0.368 e. The molecule has 1 aliphatic carbocycles. The summed E-state index contributed by atoms with van der Waals surface area (Å²) < 4.78 is 4.38. The summed E-state index contributed by atoms with van der Waals surface area (Å²) in [5.74, 6) is 0.842. The number of nitrogens with zero attached hydrogens (tertiary/aromatic N) is 4. The van der Waals surface area contributed by atoms with Gasteiger partial charge in [0.1, 0.15) is 0 Å². The van der Waals surface area contributed by atoms with Gasteiger partial charge in [0.2, 0.25) is 17.0 Å². The molecule has 1 fully saturated rings. The van der Waals surface area contributed by atoms with Gasteiger partial charge in [0.15, 0.2) is 5.82 Å². The van der Waals surface area contributed by atoms with Crippen LogP contribution in [0.25, 0.3) is 22.5 Å². The molecule has 4 aromatic rings. The van der Waals surface area contributed by atoms with Crippen LogP contribution in [0.15, 0.2) is 67.0 Å². The first-order chi connectivity index (χ1) is 15.1. The van der Waals surface area contributed by atoms with Gasteiger partial charge in [-0.2, -0.15) is 9.36 Å². The molecule has 0 spiro atoms. The summed E-state index contributed by atoms with van der Waals surface area (Å²) in [5.41, 5.74) is 8.83. The Labute approximate surface area is 183 Å². The lowest BCUT2D eigenvalue weighted by Crippen LogP contribution is -2.46. The smallest absolute Gasteiger partial charge is 0.236 e. The number of benzene rings is 2. The predicted molar refractivity (Wildman–Crippen MR) is 121 cm³/mol. The van der Waals surface area contributed by atoms with Crippen LogP contribution < -0.4 is 11.1 Å². The van der Waals surface area contributed by atoms with Crippen molar-refractivity contribution in [3.63, 3.8) is 0 Å². The molecule has 8 heteroatoms. The lowest BCUT2D eigenvalue weighted by atomic mass is 9.63. The fourth-order valence-electron chi connectivity index (χ4n) is 3.84. The van der Waals surface area contributed by atoms with Gasteiger partial charge >= 0.3 is 0 Å². The Kier molecular flexibility index (Phi) is 4.91. The fourth-order valence-corrected chi connectivity index (χ4v) is 4.43. The molecule has 0 atom stereocenters. The molecule has 0 unspecified atom stereocenters. The van der Waals surface area contributed by atoms with Crippen LogP contribution in [0.4, 0.5) is 11.1 Å². The van der Waals surface area contributed by atoms with Crippen molar-refractivity contribution in [1.29, 1.82) is 0 Å². The molecule has 5 rings (SSSR count). The molecule has 31 heavy (non-hydrogen) atoms. The zero-order chi connectivity index (χ0) is 21.3. The molecule has 1 aliphatic rings. The van der Waals surface area contributed by atoms with Gasteiger partial charge in [0.05, 0.1) is 5.41 Å². The van der Waals surface area contributed by atoms with E-state index in [9.17, 15) is 4.79 Å². The van der Waals surface area contributed by atoms with E-state index in [1.165, 1.54) is 11.5 Å². The van der Waals surface area contributed by atoms with Crippen molar-refractivity contribution < 1.29 is 4.79 Å². The van der Waals surface area contributed by atoms with Crippen molar-refractivity contribution in [2.75, 3.05) is 11.1 Å².